The average molecular weight is 328 g/mol. The number of likely N-dealkylation sites (tertiary alicyclic amines) is 1. The standard InChI is InChI=1S/C19H24N2O3/c1-14-4-2-3-5-15(14)12-16-9-11-21(13-18(16)22)19(23)7-6-17-8-10-20-24-17/h2-5,8,10,16,18,22H,6-7,9,11-13H2,1H3/t16-,18-/m1/s1. The summed E-state index contributed by atoms with van der Waals surface area (Å²) < 4.78 is 5.02. The van der Waals surface area contributed by atoms with Gasteiger partial charge in [-0.2, -0.15) is 0 Å². The molecule has 2 atom stereocenters. The van der Waals surface area contributed by atoms with E-state index in [-0.39, 0.29) is 11.8 Å². The molecule has 1 saturated heterocycles. The number of carbonyl (C=O) groups is 1. The minimum Gasteiger partial charge on any atom is -0.391 e. The molecule has 0 aliphatic carbocycles. The number of aliphatic hydroxyl groups excluding tert-OH is 1. The molecule has 0 spiro atoms. The molecule has 1 aliphatic heterocycles. The monoisotopic (exact) mass is 328 g/mol. The highest BCUT2D eigenvalue weighted by molar-refractivity contribution is 5.76. The van der Waals surface area contributed by atoms with E-state index in [4.69, 9.17) is 4.52 Å². The Morgan fingerprint density at radius 1 is 1.38 bits per heavy atom. The largest absolute Gasteiger partial charge is 0.391 e. The predicted octanol–water partition coefficient (Wildman–Crippen LogP) is 2.37. The summed E-state index contributed by atoms with van der Waals surface area (Å²) in [5.74, 6) is 1.00. The van der Waals surface area contributed by atoms with Crippen molar-refractivity contribution in [3.8, 4) is 0 Å². The highest BCUT2D eigenvalue weighted by atomic mass is 16.5. The Balaban J connectivity index is 1.51. The topological polar surface area (TPSA) is 66.6 Å². The van der Waals surface area contributed by atoms with Crippen LogP contribution in [0.5, 0.6) is 0 Å². The van der Waals surface area contributed by atoms with Gasteiger partial charge in [0.25, 0.3) is 0 Å². The quantitative estimate of drug-likeness (QED) is 0.915. The Hall–Kier alpha value is -2.14. The van der Waals surface area contributed by atoms with E-state index in [0.29, 0.717) is 25.9 Å². The van der Waals surface area contributed by atoms with Crippen LogP contribution in [0.4, 0.5) is 0 Å². The van der Waals surface area contributed by atoms with Crippen molar-refractivity contribution in [1.29, 1.82) is 0 Å². The molecule has 1 amide bonds. The third-order valence-corrected chi connectivity index (χ3v) is 4.89. The van der Waals surface area contributed by atoms with Gasteiger partial charge in [-0.05, 0) is 36.8 Å². The van der Waals surface area contributed by atoms with E-state index >= 15 is 0 Å². The normalized spacial score (nSPS) is 21.0. The number of nitrogens with zero attached hydrogens (tertiary/aromatic N) is 2. The third kappa shape index (κ3) is 4.03. The summed E-state index contributed by atoms with van der Waals surface area (Å²) in [7, 11) is 0. The van der Waals surface area contributed by atoms with Crippen molar-refractivity contribution >= 4 is 5.91 Å². The first-order valence-electron chi connectivity index (χ1n) is 8.53. The van der Waals surface area contributed by atoms with Crippen molar-refractivity contribution in [3.05, 3.63) is 53.4 Å². The van der Waals surface area contributed by atoms with Crippen LogP contribution < -0.4 is 0 Å². The van der Waals surface area contributed by atoms with Crippen LogP contribution in [0.2, 0.25) is 0 Å². The van der Waals surface area contributed by atoms with Crippen LogP contribution >= 0.6 is 0 Å². The summed E-state index contributed by atoms with van der Waals surface area (Å²) in [5, 5.41) is 14.1. The SMILES string of the molecule is Cc1ccccc1C[C@H]1CCN(C(=O)CCc2ccno2)C[C@H]1O. The van der Waals surface area contributed by atoms with E-state index in [1.54, 1.807) is 17.2 Å². The number of aromatic nitrogens is 1. The first kappa shape index (κ1) is 16.7. The van der Waals surface area contributed by atoms with Gasteiger partial charge in [-0.25, -0.2) is 0 Å². The maximum atomic E-state index is 12.3. The lowest BCUT2D eigenvalue weighted by Gasteiger charge is -2.36. The molecule has 2 heterocycles. The van der Waals surface area contributed by atoms with Crippen molar-refractivity contribution in [2.24, 2.45) is 5.92 Å². The molecule has 2 aromatic rings. The van der Waals surface area contributed by atoms with E-state index in [1.165, 1.54) is 11.1 Å². The maximum absolute atomic E-state index is 12.3. The van der Waals surface area contributed by atoms with E-state index in [0.717, 1.165) is 18.6 Å². The zero-order valence-electron chi connectivity index (χ0n) is 14.0. The Bertz CT molecular complexity index is 669. The summed E-state index contributed by atoms with van der Waals surface area (Å²) in [5.41, 5.74) is 2.54. The lowest BCUT2D eigenvalue weighted by molar-refractivity contribution is -0.135. The van der Waals surface area contributed by atoms with Gasteiger partial charge in [-0.15, -0.1) is 0 Å². The smallest absolute Gasteiger partial charge is 0.223 e. The summed E-state index contributed by atoms with van der Waals surface area (Å²) >= 11 is 0. The van der Waals surface area contributed by atoms with Crippen molar-refractivity contribution in [3.63, 3.8) is 0 Å². The van der Waals surface area contributed by atoms with Gasteiger partial charge in [-0.1, -0.05) is 29.4 Å². The first-order chi connectivity index (χ1) is 11.6. The van der Waals surface area contributed by atoms with Crippen LogP contribution in [0.3, 0.4) is 0 Å². The lowest BCUT2D eigenvalue weighted by atomic mass is 9.86. The zero-order valence-corrected chi connectivity index (χ0v) is 14.0. The summed E-state index contributed by atoms with van der Waals surface area (Å²) in [6.07, 6.45) is 3.77. The zero-order chi connectivity index (χ0) is 16.9. The molecule has 0 bridgehead atoms. The number of β-amino-alcohol motifs (C(OH)–C–C–N with tert-alkyl or cyclic N) is 1. The maximum Gasteiger partial charge on any atom is 0.223 e. The number of amides is 1. The molecule has 1 aliphatic rings. The van der Waals surface area contributed by atoms with Gasteiger partial charge in [0, 0.05) is 32.0 Å². The van der Waals surface area contributed by atoms with Crippen LogP contribution in [0.15, 0.2) is 41.1 Å². The number of carbonyl (C=O) groups excluding carboxylic acids is 1. The third-order valence-electron chi connectivity index (χ3n) is 4.89. The number of hydrogen-bond donors (Lipinski definition) is 1. The minimum absolute atomic E-state index is 0.0693. The second-order valence-corrected chi connectivity index (χ2v) is 6.57. The van der Waals surface area contributed by atoms with Crippen LogP contribution in [0.25, 0.3) is 0 Å². The van der Waals surface area contributed by atoms with Crippen molar-refractivity contribution < 1.29 is 14.4 Å². The fourth-order valence-electron chi connectivity index (χ4n) is 3.33. The Labute approximate surface area is 142 Å². The molecule has 3 rings (SSSR count). The molecule has 1 aromatic carbocycles. The molecule has 1 fully saturated rings. The highest BCUT2D eigenvalue weighted by Crippen LogP contribution is 2.24. The van der Waals surface area contributed by atoms with Crippen molar-refractivity contribution in [1.82, 2.24) is 10.1 Å². The Kier molecular flexibility index (Phi) is 5.30. The molecule has 5 nitrogen and oxygen atoms in total. The van der Waals surface area contributed by atoms with Gasteiger partial charge in [0.15, 0.2) is 0 Å². The van der Waals surface area contributed by atoms with Gasteiger partial charge in [0.1, 0.15) is 5.76 Å². The summed E-state index contributed by atoms with van der Waals surface area (Å²) in [4.78, 5) is 14.1. The van der Waals surface area contributed by atoms with E-state index in [9.17, 15) is 9.90 Å². The molecule has 128 valence electrons. The molecular weight excluding hydrogens is 304 g/mol. The van der Waals surface area contributed by atoms with E-state index in [1.807, 2.05) is 12.1 Å². The molecule has 0 radical (unpaired) electrons. The minimum atomic E-state index is -0.465. The molecule has 5 heteroatoms. The van der Waals surface area contributed by atoms with Crippen LogP contribution in [-0.4, -0.2) is 40.3 Å². The van der Waals surface area contributed by atoms with Crippen molar-refractivity contribution in [2.75, 3.05) is 13.1 Å². The Morgan fingerprint density at radius 3 is 2.92 bits per heavy atom. The summed E-state index contributed by atoms with van der Waals surface area (Å²) in [6.45, 7) is 3.23. The van der Waals surface area contributed by atoms with E-state index in [2.05, 4.69) is 24.2 Å². The second-order valence-electron chi connectivity index (χ2n) is 6.57. The van der Waals surface area contributed by atoms with Crippen molar-refractivity contribution in [2.45, 2.75) is 38.7 Å². The fourth-order valence-corrected chi connectivity index (χ4v) is 3.33. The molecule has 1 aromatic heterocycles. The van der Waals surface area contributed by atoms with Crippen LogP contribution in [-0.2, 0) is 17.6 Å². The number of piperidine rings is 1. The molecule has 24 heavy (non-hydrogen) atoms. The number of aryl methyl sites for hydroxylation is 2. The van der Waals surface area contributed by atoms with E-state index < -0.39 is 6.10 Å². The van der Waals surface area contributed by atoms with Gasteiger partial charge in [0.2, 0.25) is 5.91 Å². The van der Waals surface area contributed by atoms with Crippen LogP contribution in [0.1, 0.15) is 29.7 Å². The number of hydrogen-bond acceptors (Lipinski definition) is 4. The van der Waals surface area contributed by atoms with Crippen LogP contribution in [0, 0.1) is 12.8 Å². The molecular formula is C19H24N2O3. The molecule has 0 saturated carbocycles. The fraction of sp³-hybridized carbons (Fsp3) is 0.474. The van der Waals surface area contributed by atoms with Gasteiger partial charge < -0.3 is 14.5 Å². The van der Waals surface area contributed by atoms with Gasteiger partial charge in [-0.3, -0.25) is 4.79 Å². The number of benzene rings is 1. The number of rotatable bonds is 5. The second kappa shape index (κ2) is 7.62. The lowest BCUT2D eigenvalue weighted by Crippen LogP contribution is -2.47. The molecule has 0 unspecified atom stereocenters. The average Bonchev–Trinajstić information content (AvgIpc) is 3.10. The van der Waals surface area contributed by atoms with Gasteiger partial charge >= 0.3 is 0 Å². The predicted molar refractivity (Wildman–Crippen MR) is 90.4 cm³/mol. The highest BCUT2D eigenvalue weighted by Gasteiger charge is 2.30. The summed E-state index contributed by atoms with van der Waals surface area (Å²) in [6, 6.07) is 10.1. The number of aliphatic hydroxyl groups is 1. The first-order valence-corrected chi connectivity index (χ1v) is 8.53. The molecule has 1 N–H and O–H groups in total. The Morgan fingerprint density at radius 2 is 2.21 bits per heavy atom. The van der Waals surface area contributed by atoms with Gasteiger partial charge in [0.05, 0.1) is 12.3 Å².